The first-order valence-corrected chi connectivity index (χ1v) is 7.99. The predicted octanol–water partition coefficient (Wildman–Crippen LogP) is 1.07. The highest BCUT2D eigenvalue weighted by Crippen LogP contribution is 2.51. The Morgan fingerprint density at radius 3 is 2.63 bits per heavy atom. The molecule has 1 N–H and O–H groups in total. The minimum atomic E-state index is 0.0626. The standard InChI is InChI=1S/C15H27N3O/c1-2-4-15(5-6-15)14(19)18-9-3-13(12-18)17-10-7-16-8-11-17/h13,16H,2-12H2,1H3. The van der Waals surface area contributed by atoms with Crippen molar-refractivity contribution < 1.29 is 4.79 Å². The van der Waals surface area contributed by atoms with Gasteiger partial charge in [-0.25, -0.2) is 0 Å². The van der Waals surface area contributed by atoms with E-state index in [0.29, 0.717) is 11.9 Å². The molecule has 1 atom stereocenters. The quantitative estimate of drug-likeness (QED) is 0.826. The number of hydrogen-bond donors (Lipinski definition) is 1. The van der Waals surface area contributed by atoms with E-state index in [4.69, 9.17) is 0 Å². The van der Waals surface area contributed by atoms with Crippen LogP contribution in [0, 0.1) is 5.41 Å². The van der Waals surface area contributed by atoms with Crippen molar-refractivity contribution in [3.05, 3.63) is 0 Å². The molecular weight excluding hydrogens is 238 g/mol. The maximum atomic E-state index is 12.6. The van der Waals surface area contributed by atoms with E-state index in [2.05, 4.69) is 22.0 Å². The second kappa shape index (κ2) is 5.41. The number of piperazine rings is 1. The zero-order valence-corrected chi connectivity index (χ0v) is 12.2. The molecule has 19 heavy (non-hydrogen) atoms. The van der Waals surface area contributed by atoms with Gasteiger partial charge in [0.2, 0.25) is 5.91 Å². The van der Waals surface area contributed by atoms with Crippen molar-refractivity contribution in [1.29, 1.82) is 0 Å². The van der Waals surface area contributed by atoms with Gasteiger partial charge in [0.1, 0.15) is 0 Å². The van der Waals surface area contributed by atoms with Gasteiger partial charge in [-0.1, -0.05) is 13.3 Å². The molecule has 3 aliphatic rings. The predicted molar refractivity (Wildman–Crippen MR) is 76.0 cm³/mol. The summed E-state index contributed by atoms with van der Waals surface area (Å²) in [5.41, 5.74) is 0.0626. The third-order valence-corrected chi connectivity index (χ3v) is 5.15. The third-order valence-electron chi connectivity index (χ3n) is 5.15. The molecule has 2 saturated heterocycles. The molecule has 4 nitrogen and oxygen atoms in total. The Morgan fingerprint density at radius 1 is 1.26 bits per heavy atom. The van der Waals surface area contributed by atoms with Crippen molar-refractivity contribution in [2.75, 3.05) is 39.3 Å². The molecule has 0 radical (unpaired) electrons. The Balaban J connectivity index is 1.55. The lowest BCUT2D eigenvalue weighted by atomic mass is 9.99. The third kappa shape index (κ3) is 2.65. The molecule has 0 aromatic rings. The van der Waals surface area contributed by atoms with Gasteiger partial charge in [0.05, 0.1) is 0 Å². The summed E-state index contributed by atoms with van der Waals surface area (Å²) in [6, 6.07) is 0.614. The largest absolute Gasteiger partial charge is 0.341 e. The van der Waals surface area contributed by atoms with Crippen LogP contribution < -0.4 is 5.32 Å². The molecule has 1 unspecified atom stereocenters. The van der Waals surface area contributed by atoms with Gasteiger partial charge < -0.3 is 10.2 Å². The fourth-order valence-electron chi connectivity index (χ4n) is 3.81. The van der Waals surface area contributed by atoms with E-state index in [1.165, 1.54) is 6.42 Å². The van der Waals surface area contributed by atoms with E-state index in [9.17, 15) is 4.79 Å². The average Bonchev–Trinajstić information content (AvgIpc) is 3.06. The monoisotopic (exact) mass is 265 g/mol. The Kier molecular flexibility index (Phi) is 3.81. The second-order valence-electron chi connectivity index (χ2n) is 6.51. The molecule has 108 valence electrons. The zero-order valence-electron chi connectivity index (χ0n) is 12.2. The summed E-state index contributed by atoms with van der Waals surface area (Å²) in [7, 11) is 0. The maximum absolute atomic E-state index is 12.6. The number of rotatable bonds is 4. The lowest BCUT2D eigenvalue weighted by molar-refractivity contribution is -0.136. The molecule has 2 heterocycles. The summed E-state index contributed by atoms with van der Waals surface area (Å²) in [4.78, 5) is 17.4. The van der Waals surface area contributed by atoms with Crippen molar-refractivity contribution in [2.45, 2.75) is 45.1 Å². The number of amides is 1. The lowest BCUT2D eigenvalue weighted by Crippen LogP contribution is -2.49. The van der Waals surface area contributed by atoms with Gasteiger partial charge in [0.25, 0.3) is 0 Å². The lowest BCUT2D eigenvalue weighted by Gasteiger charge is -2.33. The summed E-state index contributed by atoms with van der Waals surface area (Å²) in [6.45, 7) is 8.65. The van der Waals surface area contributed by atoms with Crippen LogP contribution in [0.15, 0.2) is 0 Å². The van der Waals surface area contributed by atoms with Crippen LogP contribution in [-0.4, -0.2) is 61.0 Å². The van der Waals surface area contributed by atoms with E-state index in [0.717, 1.165) is 65.0 Å². The first kappa shape index (κ1) is 13.4. The molecule has 0 aromatic carbocycles. The Bertz CT molecular complexity index is 334. The fraction of sp³-hybridized carbons (Fsp3) is 0.933. The van der Waals surface area contributed by atoms with Crippen LogP contribution in [0.1, 0.15) is 39.0 Å². The molecule has 3 fully saturated rings. The topological polar surface area (TPSA) is 35.6 Å². The van der Waals surface area contributed by atoms with Crippen molar-refractivity contribution in [1.82, 2.24) is 15.1 Å². The first-order valence-electron chi connectivity index (χ1n) is 7.99. The van der Waals surface area contributed by atoms with Gasteiger partial charge in [-0.2, -0.15) is 0 Å². The maximum Gasteiger partial charge on any atom is 0.228 e. The van der Waals surface area contributed by atoms with Crippen LogP contribution >= 0.6 is 0 Å². The molecule has 0 aromatic heterocycles. The van der Waals surface area contributed by atoms with Crippen LogP contribution in [0.25, 0.3) is 0 Å². The molecule has 0 bridgehead atoms. The highest BCUT2D eigenvalue weighted by molar-refractivity contribution is 5.85. The van der Waals surface area contributed by atoms with Gasteiger partial charge in [-0.3, -0.25) is 9.69 Å². The highest BCUT2D eigenvalue weighted by atomic mass is 16.2. The Labute approximate surface area is 116 Å². The number of carbonyl (C=O) groups excluding carboxylic acids is 1. The zero-order chi connectivity index (χ0) is 13.3. The molecule has 0 spiro atoms. The second-order valence-corrected chi connectivity index (χ2v) is 6.51. The Morgan fingerprint density at radius 2 is 2.00 bits per heavy atom. The van der Waals surface area contributed by atoms with Crippen molar-refractivity contribution >= 4 is 5.91 Å². The van der Waals surface area contributed by atoms with Crippen LogP contribution in [0.4, 0.5) is 0 Å². The van der Waals surface area contributed by atoms with Crippen LogP contribution in [0.3, 0.4) is 0 Å². The van der Waals surface area contributed by atoms with Gasteiger partial charge >= 0.3 is 0 Å². The normalized spacial score (nSPS) is 30.6. The number of nitrogens with zero attached hydrogens (tertiary/aromatic N) is 2. The highest BCUT2D eigenvalue weighted by Gasteiger charge is 2.51. The minimum Gasteiger partial charge on any atom is -0.341 e. The molecule has 2 aliphatic heterocycles. The van der Waals surface area contributed by atoms with Gasteiger partial charge in [-0.15, -0.1) is 0 Å². The van der Waals surface area contributed by atoms with Crippen LogP contribution in [0.2, 0.25) is 0 Å². The number of hydrogen-bond acceptors (Lipinski definition) is 3. The van der Waals surface area contributed by atoms with Gasteiger partial charge in [0, 0.05) is 50.7 Å². The van der Waals surface area contributed by atoms with Gasteiger partial charge in [-0.05, 0) is 25.7 Å². The molecule has 3 rings (SSSR count). The molecule has 1 amide bonds. The van der Waals surface area contributed by atoms with Crippen LogP contribution in [-0.2, 0) is 4.79 Å². The van der Waals surface area contributed by atoms with Crippen molar-refractivity contribution in [3.8, 4) is 0 Å². The summed E-state index contributed by atoms with van der Waals surface area (Å²) in [5, 5.41) is 3.40. The summed E-state index contributed by atoms with van der Waals surface area (Å²) < 4.78 is 0. The molecular formula is C15H27N3O. The van der Waals surface area contributed by atoms with E-state index >= 15 is 0 Å². The average molecular weight is 265 g/mol. The summed E-state index contributed by atoms with van der Waals surface area (Å²) in [6.07, 6.45) is 5.68. The Hall–Kier alpha value is -0.610. The molecule has 4 heteroatoms. The number of nitrogens with one attached hydrogen (secondary N) is 1. The minimum absolute atomic E-state index is 0.0626. The summed E-state index contributed by atoms with van der Waals surface area (Å²) >= 11 is 0. The number of carbonyl (C=O) groups is 1. The van der Waals surface area contributed by atoms with E-state index in [1.54, 1.807) is 0 Å². The fourth-order valence-corrected chi connectivity index (χ4v) is 3.81. The van der Waals surface area contributed by atoms with Crippen molar-refractivity contribution in [3.63, 3.8) is 0 Å². The first-order chi connectivity index (χ1) is 9.25. The SMILES string of the molecule is CCCC1(C(=O)N2CCC(N3CCNCC3)C2)CC1. The van der Waals surface area contributed by atoms with E-state index in [1.807, 2.05) is 0 Å². The van der Waals surface area contributed by atoms with E-state index in [-0.39, 0.29) is 5.41 Å². The van der Waals surface area contributed by atoms with Crippen LogP contribution in [0.5, 0.6) is 0 Å². The molecule has 1 aliphatic carbocycles. The smallest absolute Gasteiger partial charge is 0.228 e. The van der Waals surface area contributed by atoms with E-state index < -0.39 is 0 Å². The number of likely N-dealkylation sites (tertiary alicyclic amines) is 1. The van der Waals surface area contributed by atoms with Gasteiger partial charge in [0.15, 0.2) is 0 Å². The molecule has 1 saturated carbocycles. The summed E-state index contributed by atoms with van der Waals surface area (Å²) in [5.74, 6) is 0.465. The van der Waals surface area contributed by atoms with Crippen molar-refractivity contribution in [2.24, 2.45) is 5.41 Å².